The molecule has 0 saturated heterocycles. The molecule has 1 aromatic heterocycles. The highest BCUT2D eigenvalue weighted by Crippen LogP contribution is 2.34. The van der Waals surface area contributed by atoms with Crippen LogP contribution in [0.3, 0.4) is 0 Å². The Morgan fingerprint density at radius 3 is 2.10 bits per heavy atom. The van der Waals surface area contributed by atoms with Gasteiger partial charge in [0, 0.05) is 24.3 Å². The van der Waals surface area contributed by atoms with Crippen molar-refractivity contribution < 1.29 is 4.79 Å². The largest absolute Gasteiger partial charge is 0.309 e. The van der Waals surface area contributed by atoms with E-state index in [2.05, 4.69) is 14.8 Å². The number of anilines is 2. The Morgan fingerprint density at radius 1 is 0.967 bits per heavy atom. The third-order valence-electron chi connectivity index (χ3n) is 5.72. The van der Waals surface area contributed by atoms with Crippen molar-refractivity contribution in [3.63, 3.8) is 0 Å². The third-order valence-corrected chi connectivity index (χ3v) is 6.84. The van der Waals surface area contributed by atoms with Gasteiger partial charge in [-0.15, -0.1) is 10.2 Å². The highest BCUT2D eigenvalue weighted by molar-refractivity contribution is 8.00. The van der Waals surface area contributed by atoms with Gasteiger partial charge in [0.1, 0.15) is 5.82 Å². The van der Waals surface area contributed by atoms with E-state index in [1.807, 2.05) is 74.6 Å². The molecule has 1 fully saturated rings. The van der Waals surface area contributed by atoms with Crippen LogP contribution in [0.5, 0.6) is 0 Å². The molecule has 5 nitrogen and oxygen atoms in total. The van der Waals surface area contributed by atoms with E-state index in [9.17, 15) is 4.79 Å². The second-order valence-corrected chi connectivity index (χ2v) is 9.15. The molecule has 1 amide bonds. The summed E-state index contributed by atoms with van der Waals surface area (Å²) in [6, 6.07) is 19.6. The number of hydrogen-bond donors (Lipinski definition) is 0. The Labute approximate surface area is 182 Å². The van der Waals surface area contributed by atoms with Crippen LogP contribution in [0.15, 0.2) is 65.8 Å². The first-order valence-electron chi connectivity index (χ1n) is 10.6. The van der Waals surface area contributed by atoms with Crippen LogP contribution in [0, 0.1) is 0 Å². The molecule has 1 aliphatic carbocycles. The van der Waals surface area contributed by atoms with Crippen molar-refractivity contribution in [1.29, 1.82) is 0 Å². The topological polar surface area (TPSA) is 51.0 Å². The van der Waals surface area contributed by atoms with Crippen molar-refractivity contribution in [3.8, 4) is 0 Å². The van der Waals surface area contributed by atoms with E-state index < -0.39 is 0 Å². The fraction of sp³-hybridized carbons (Fsp3) is 0.375. The van der Waals surface area contributed by atoms with E-state index in [0.717, 1.165) is 22.4 Å². The van der Waals surface area contributed by atoms with Crippen LogP contribution in [0.1, 0.15) is 50.8 Å². The number of para-hydroxylation sites is 2. The summed E-state index contributed by atoms with van der Waals surface area (Å²) in [4.78, 5) is 15.3. The van der Waals surface area contributed by atoms with Crippen molar-refractivity contribution in [2.45, 2.75) is 55.4 Å². The minimum Gasteiger partial charge on any atom is -0.309 e. The fourth-order valence-corrected chi connectivity index (χ4v) is 4.96. The lowest BCUT2D eigenvalue weighted by atomic mass is 9.89. The number of amides is 1. The Hall–Kier alpha value is -2.60. The van der Waals surface area contributed by atoms with Gasteiger partial charge >= 0.3 is 0 Å². The van der Waals surface area contributed by atoms with Crippen LogP contribution in [0.2, 0.25) is 0 Å². The lowest BCUT2D eigenvalue weighted by Crippen LogP contribution is -2.33. The van der Waals surface area contributed by atoms with Crippen molar-refractivity contribution in [3.05, 3.63) is 66.5 Å². The Bertz CT molecular complexity index is 928. The molecular weight excluding hydrogens is 392 g/mol. The summed E-state index contributed by atoms with van der Waals surface area (Å²) in [7, 11) is 2.02. The molecule has 0 spiro atoms. The molecule has 0 N–H and O–H groups in total. The first-order chi connectivity index (χ1) is 14.6. The molecule has 2 aromatic carbocycles. The molecular formula is C24H28N4OS. The Kier molecular flexibility index (Phi) is 6.53. The minimum atomic E-state index is -0.299. The van der Waals surface area contributed by atoms with E-state index >= 15 is 0 Å². The van der Waals surface area contributed by atoms with Crippen LogP contribution >= 0.6 is 11.8 Å². The Balaban J connectivity index is 1.55. The van der Waals surface area contributed by atoms with E-state index in [1.165, 1.54) is 43.9 Å². The highest BCUT2D eigenvalue weighted by atomic mass is 32.2. The maximum atomic E-state index is 13.5. The first kappa shape index (κ1) is 20.7. The second kappa shape index (κ2) is 9.47. The number of carbonyl (C=O) groups excluding carboxylic acids is 1. The molecule has 1 saturated carbocycles. The molecule has 1 aliphatic rings. The number of carbonyl (C=O) groups is 1. The quantitative estimate of drug-likeness (QED) is 0.479. The normalized spacial score (nSPS) is 15.7. The van der Waals surface area contributed by atoms with Crippen molar-refractivity contribution in [2.24, 2.45) is 7.05 Å². The van der Waals surface area contributed by atoms with E-state index in [0.29, 0.717) is 5.92 Å². The van der Waals surface area contributed by atoms with Crippen LogP contribution in [0.4, 0.5) is 11.4 Å². The highest BCUT2D eigenvalue weighted by Gasteiger charge is 2.27. The molecule has 0 radical (unpaired) electrons. The zero-order valence-electron chi connectivity index (χ0n) is 17.6. The lowest BCUT2D eigenvalue weighted by Gasteiger charge is -2.26. The number of nitrogens with zero attached hydrogens (tertiary/aromatic N) is 4. The van der Waals surface area contributed by atoms with Crippen LogP contribution in [0.25, 0.3) is 0 Å². The van der Waals surface area contributed by atoms with Crippen molar-refractivity contribution in [1.82, 2.24) is 14.8 Å². The van der Waals surface area contributed by atoms with Gasteiger partial charge in [-0.2, -0.15) is 0 Å². The van der Waals surface area contributed by atoms with Crippen LogP contribution in [-0.2, 0) is 11.8 Å². The summed E-state index contributed by atoms with van der Waals surface area (Å²) in [6.45, 7) is 1.95. The summed E-state index contributed by atoms with van der Waals surface area (Å²) in [5.74, 6) is 1.57. The fourth-order valence-electron chi connectivity index (χ4n) is 4.09. The number of hydrogen-bond acceptors (Lipinski definition) is 4. The van der Waals surface area contributed by atoms with Gasteiger partial charge in [-0.25, -0.2) is 0 Å². The molecule has 30 heavy (non-hydrogen) atoms. The lowest BCUT2D eigenvalue weighted by molar-refractivity contribution is -0.117. The van der Waals surface area contributed by atoms with E-state index in [-0.39, 0.29) is 11.2 Å². The summed E-state index contributed by atoms with van der Waals surface area (Å²) in [5.41, 5.74) is 1.73. The standard InChI is InChI=1S/C24H28N4OS/c1-18(30-24-26-25-22(27(24)2)19-12-6-3-7-13-19)23(29)28(20-14-8-4-9-15-20)21-16-10-5-11-17-21/h4-5,8-11,14-19H,3,6-7,12-13H2,1-2H3/t18-/m0/s1. The summed E-state index contributed by atoms with van der Waals surface area (Å²) < 4.78 is 2.08. The molecule has 1 atom stereocenters. The van der Waals surface area contributed by atoms with Gasteiger partial charge in [-0.3, -0.25) is 9.69 Å². The average Bonchev–Trinajstić information content (AvgIpc) is 3.16. The van der Waals surface area contributed by atoms with Gasteiger partial charge < -0.3 is 4.57 Å². The maximum Gasteiger partial charge on any atom is 0.244 e. The minimum absolute atomic E-state index is 0.0274. The molecule has 0 bridgehead atoms. The number of aromatic nitrogens is 3. The van der Waals surface area contributed by atoms with Crippen LogP contribution in [-0.4, -0.2) is 25.9 Å². The summed E-state index contributed by atoms with van der Waals surface area (Å²) in [5, 5.41) is 9.41. The molecule has 1 heterocycles. The maximum absolute atomic E-state index is 13.5. The average molecular weight is 421 g/mol. The molecule has 0 aliphatic heterocycles. The predicted octanol–water partition coefficient (Wildman–Crippen LogP) is 5.71. The summed E-state index contributed by atoms with van der Waals surface area (Å²) >= 11 is 1.48. The predicted molar refractivity (Wildman–Crippen MR) is 122 cm³/mol. The van der Waals surface area contributed by atoms with Crippen molar-refractivity contribution in [2.75, 3.05) is 4.90 Å². The van der Waals surface area contributed by atoms with Gasteiger partial charge in [0.15, 0.2) is 5.16 Å². The molecule has 6 heteroatoms. The zero-order valence-corrected chi connectivity index (χ0v) is 18.4. The molecule has 0 unspecified atom stereocenters. The zero-order chi connectivity index (χ0) is 20.9. The van der Waals surface area contributed by atoms with Crippen molar-refractivity contribution >= 4 is 29.0 Å². The monoisotopic (exact) mass is 420 g/mol. The number of thioether (sulfide) groups is 1. The molecule has 156 valence electrons. The van der Waals surface area contributed by atoms with Gasteiger partial charge in [-0.1, -0.05) is 67.4 Å². The van der Waals surface area contributed by atoms with Gasteiger partial charge in [0.25, 0.3) is 0 Å². The summed E-state index contributed by atoms with van der Waals surface area (Å²) in [6.07, 6.45) is 6.20. The second-order valence-electron chi connectivity index (χ2n) is 7.84. The van der Waals surface area contributed by atoms with Gasteiger partial charge in [-0.05, 0) is 44.0 Å². The third kappa shape index (κ3) is 4.43. The first-order valence-corrected chi connectivity index (χ1v) is 11.5. The van der Waals surface area contributed by atoms with E-state index in [4.69, 9.17) is 0 Å². The number of rotatable bonds is 6. The number of benzene rings is 2. The molecule has 4 rings (SSSR count). The van der Waals surface area contributed by atoms with Crippen LogP contribution < -0.4 is 4.90 Å². The SMILES string of the molecule is C[C@H](Sc1nnc(C2CCCCC2)n1C)C(=O)N(c1ccccc1)c1ccccc1. The smallest absolute Gasteiger partial charge is 0.244 e. The van der Waals surface area contributed by atoms with Gasteiger partial charge in [0.2, 0.25) is 5.91 Å². The Morgan fingerprint density at radius 2 is 1.53 bits per heavy atom. The van der Waals surface area contributed by atoms with E-state index in [1.54, 1.807) is 4.90 Å². The van der Waals surface area contributed by atoms with Gasteiger partial charge in [0.05, 0.1) is 5.25 Å². The molecule has 3 aromatic rings.